The van der Waals surface area contributed by atoms with Crippen LogP contribution in [0.5, 0.6) is 0 Å². The molecule has 2 rings (SSSR count). The van der Waals surface area contributed by atoms with Gasteiger partial charge in [0.15, 0.2) is 0 Å². The first-order valence-corrected chi connectivity index (χ1v) is 6.66. The Hall–Kier alpha value is -2.10. The number of likely N-dealkylation sites (N-methyl/N-ethyl adjacent to an activating group) is 1. The molecule has 1 aromatic carbocycles. The van der Waals surface area contributed by atoms with E-state index in [0.717, 1.165) is 33.9 Å². The van der Waals surface area contributed by atoms with Crippen LogP contribution in [0.4, 0.5) is 0 Å². The van der Waals surface area contributed by atoms with E-state index in [1.54, 1.807) is 19.0 Å². The van der Waals surface area contributed by atoms with Crippen LogP contribution in [0.2, 0.25) is 0 Å². The molecule has 0 aliphatic carbocycles. The Morgan fingerprint density at radius 2 is 2.00 bits per heavy atom. The molecule has 106 valence electrons. The van der Waals surface area contributed by atoms with Gasteiger partial charge in [-0.3, -0.25) is 4.79 Å². The molecule has 0 saturated heterocycles. The molecule has 0 bridgehead atoms. The van der Waals surface area contributed by atoms with E-state index in [1.165, 1.54) is 0 Å². The number of amides is 1. The van der Waals surface area contributed by atoms with Crippen LogP contribution in [-0.2, 0) is 22.6 Å². The second-order valence-electron chi connectivity index (χ2n) is 5.41. The number of hydrogen-bond acceptors (Lipinski definition) is 2. The zero-order valence-corrected chi connectivity index (χ0v) is 12.4. The molecule has 20 heavy (non-hydrogen) atoms. The fourth-order valence-electron chi connectivity index (χ4n) is 2.60. The van der Waals surface area contributed by atoms with Crippen LogP contribution in [0.25, 0.3) is 10.9 Å². The lowest BCUT2D eigenvalue weighted by atomic mass is 10.0. The zero-order valence-electron chi connectivity index (χ0n) is 12.4. The summed E-state index contributed by atoms with van der Waals surface area (Å²) in [6.07, 6.45) is 3.17. The molecule has 4 nitrogen and oxygen atoms in total. The van der Waals surface area contributed by atoms with Crippen molar-refractivity contribution in [1.82, 2.24) is 9.47 Å². The number of carbonyl (C=O) groups is 2. The number of aryl methyl sites for hydroxylation is 2. The van der Waals surface area contributed by atoms with Crippen LogP contribution in [-0.4, -0.2) is 35.8 Å². The molecular formula is C16H20N2O2. The van der Waals surface area contributed by atoms with Crippen LogP contribution < -0.4 is 0 Å². The van der Waals surface area contributed by atoms with Gasteiger partial charge in [0.05, 0.1) is 13.0 Å². The molecule has 0 spiro atoms. The van der Waals surface area contributed by atoms with E-state index in [2.05, 4.69) is 12.1 Å². The van der Waals surface area contributed by atoms with Gasteiger partial charge >= 0.3 is 0 Å². The Balaban J connectivity index is 2.60. The third-order valence-electron chi connectivity index (χ3n) is 3.51. The Morgan fingerprint density at radius 3 is 2.60 bits per heavy atom. The van der Waals surface area contributed by atoms with Crippen molar-refractivity contribution in [3.63, 3.8) is 0 Å². The van der Waals surface area contributed by atoms with E-state index in [9.17, 15) is 9.59 Å². The van der Waals surface area contributed by atoms with E-state index in [4.69, 9.17) is 0 Å². The van der Waals surface area contributed by atoms with Gasteiger partial charge in [-0.25, -0.2) is 0 Å². The van der Waals surface area contributed by atoms with Gasteiger partial charge in [0.25, 0.3) is 0 Å². The fourth-order valence-corrected chi connectivity index (χ4v) is 2.60. The zero-order chi connectivity index (χ0) is 14.9. The lowest BCUT2D eigenvalue weighted by Gasteiger charge is -2.10. The smallest absolute Gasteiger partial charge is 0.226 e. The molecule has 1 aromatic heterocycles. The van der Waals surface area contributed by atoms with Gasteiger partial charge < -0.3 is 14.3 Å². The van der Waals surface area contributed by atoms with Crippen molar-refractivity contribution in [1.29, 1.82) is 0 Å². The summed E-state index contributed by atoms with van der Waals surface area (Å²) < 4.78 is 1.92. The Kier molecular flexibility index (Phi) is 3.93. The summed E-state index contributed by atoms with van der Waals surface area (Å²) in [5, 5.41) is 1.09. The predicted octanol–water partition coefficient (Wildman–Crippen LogP) is 2.09. The molecule has 4 heteroatoms. The Bertz CT molecular complexity index is 669. The van der Waals surface area contributed by atoms with Crippen molar-refractivity contribution in [2.45, 2.75) is 26.8 Å². The maximum absolute atomic E-state index is 11.9. The number of aromatic nitrogens is 1. The first kappa shape index (κ1) is 14.3. The van der Waals surface area contributed by atoms with Crippen LogP contribution >= 0.6 is 0 Å². The summed E-state index contributed by atoms with van der Waals surface area (Å²) in [7, 11) is 3.51. The highest BCUT2D eigenvalue weighted by Gasteiger charge is 2.15. The lowest BCUT2D eigenvalue weighted by Crippen LogP contribution is -2.23. The molecule has 1 heterocycles. The van der Waals surface area contributed by atoms with E-state index in [1.807, 2.05) is 24.6 Å². The molecule has 0 N–H and O–H groups in total. The molecule has 1 amide bonds. The van der Waals surface area contributed by atoms with Crippen molar-refractivity contribution < 1.29 is 9.59 Å². The summed E-state index contributed by atoms with van der Waals surface area (Å²) in [5.41, 5.74) is 4.31. The SMILES string of the molecule is Cc1cc(C)c2c(CC(=O)N(C)C)cn(CC=O)c2c1. The standard InChI is InChI=1S/C16H20N2O2/c1-11-7-12(2)16-13(9-15(20)17(3)4)10-18(5-6-19)14(16)8-11/h6-8,10H,5,9H2,1-4H3. The topological polar surface area (TPSA) is 42.3 Å². The van der Waals surface area contributed by atoms with Gasteiger partial charge in [0, 0.05) is 31.2 Å². The molecular weight excluding hydrogens is 252 g/mol. The summed E-state index contributed by atoms with van der Waals surface area (Å²) in [5.74, 6) is 0.0649. The number of hydrogen-bond donors (Lipinski definition) is 0. The largest absolute Gasteiger partial charge is 0.349 e. The number of nitrogens with zero attached hydrogens (tertiary/aromatic N) is 2. The van der Waals surface area contributed by atoms with Gasteiger partial charge in [-0.2, -0.15) is 0 Å². The Labute approximate surface area is 119 Å². The number of benzene rings is 1. The third kappa shape index (κ3) is 2.59. The minimum absolute atomic E-state index is 0.0649. The van der Waals surface area contributed by atoms with Crippen LogP contribution in [0.1, 0.15) is 16.7 Å². The number of rotatable bonds is 4. The third-order valence-corrected chi connectivity index (χ3v) is 3.51. The van der Waals surface area contributed by atoms with Gasteiger partial charge in [0.1, 0.15) is 6.29 Å². The molecule has 0 saturated carbocycles. The van der Waals surface area contributed by atoms with Crippen LogP contribution in [0.15, 0.2) is 18.3 Å². The number of aldehydes is 1. The van der Waals surface area contributed by atoms with Crippen molar-refractivity contribution in [3.8, 4) is 0 Å². The average Bonchev–Trinajstić information content (AvgIpc) is 2.68. The molecule has 0 atom stereocenters. The molecule has 2 aromatic rings. The highest BCUT2D eigenvalue weighted by molar-refractivity contribution is 5.92. The van der Waals surface area contributed by atoms with Gasteiger partial charge in [-0.1, -0.05) is 6.07 Å². The van der Waals surface area contributed by atoms with Crippen molar-refractivity contribution in [2.24, 2.45) is 0 Å². The summed E-state index contributed by atoms with van der Waals surface area (Å²) in [6, 6.07) is 4.17. The normalized spacial score (nSPS) is 10.8. The molecule has 0 unspecified atom stereocenters. The van der Waals surface area contributed by atoms with E-state index >= 15 is 0 Å². The summed E-state index contributed by atoms with van der Waals surface area (Å²) in [6.45, 7) is 4.40. The Morgan fingerprint density at radius 1 is 1.30 bits per heavy atom. The fraction of sp³-hybridized carbons (Fsp3) is 0.375. The van der Waals surface area contributed by atoms with Crippen molar-refractivity contribution >= 4 is 23.1 Å². The first-order chi connectivity index (χ1) is 9.43. The maximum Gasteiger partial charge on any atom is 0.226 e. The monoisotopic (exact) mass is 272 g/mol. The van der Waals surface area contributed by atoms with E-state index in [0.29, 0.717) is 13.0 Å². The predicted molar refractivity (Wildman–Crippen MR) is 79.9 cm³/mol. The van der Waals surface area contributed by atoms with Gasteiger partial charge in [-0.15, -0.1) is 0 Å². The minimum atomic E-state index is 0.0649. The first-order valence-electron chi connectivity index (χ1n) is 6.66. The lowest BCUT2D eigenvalue weighted by molar-refractivity contribution is -0.127. The van der Waals surface area contributed by atoms with Crippen molar-refractivity contribution in [2.75, 3.05) is 14.1 Å². The second-order valence-corrected chi connectivity index (χ2v) is 5.41. The average molecular weight is 272 g/mol. The second kappa shape index (κ2) is 5.49. The van der Waals surface area contributed by atoms with E-state index in [-0.39, 0.29) is 5.91 Å². The van der Waals surface area contributed by atoms with Crippen LogP contribution in [0.3, 0.4) is 0 Å². The van der Waals surface area contributed by atoms with Crippen LogP contribution in [0, 0.1) is 13.8 Å². The number of fused-ring (bicyclic) bond motifs is 1. The highest BCUT2D eigenvalue weighted by Crippen LogP contribution is 2.27. The molecule has 0 fully saturated rings. The van der Waals surface area contributed by atoms with Crippen molar-refractivity contribution in [3.05, 3.63) is 35.0 Å². The summed E-state index contributed by atoms with van der Waals surface area (Å²) >= 11 is 0. The maximum atomic E-state index is 11.9. The van der Waals surface area contributed by atoms with Gasteiger partial charge in [-0.05, 0) is 36.6 Å². The number of carbonyl (C=O) groups excluding carboxylic acids is 2. The van der Waals surface area contributed by atoms with E-state index < -0.39 is 0 Å². The molecule has 0 aliphatic rings. The minimum Gasteiger partial charge on any atom is -0.349 e. The highest BCUT2D eigenvalue weighted by atomic mass is 16.2. The molecule has 0 aliphatic heterocycles. The summed E-state index contributed by atoms with van der Waals surface area (Å²) in [4.78, 5) is 24.4. The van der Waals surface area contributed by atoms with Gasteiger partial charge in [0.2, 0.25) is 5.91 Å². The molecule has 0 radical (unpaired) electrons. The quantitative estimate of drug-likeness (QED) is 0.800.